The van der Waals surface area contributed by atoms with E-state index < -0.39 is 29.0 Å². The summed E-state index contributed by atoms with van der Waals surface area (Å²) in [7, 11) is 0. The van der Waals surface area contributed by atoms with Gasteiger partial charge in [-0.25, -0.2) is 9.37 Å². The molecule has 1 aliphatic carbocycles. The number of nitrogens with one attached hydrogen (secondary N) is 2. The maximum Gasteiger partial charge on any atom is 0.417 e. The number of aromatic nitrogens is 1. The van der Waals surface area contributed by atoms with Crippen molar-refractivity contribution in [1.29, 1.82) is 0 Å². The zero-order valence-electron chi connectivity index (χ0n) is 13.7. The van der Waals surface area contributed by atoms with Gasteiger partial charge in [0.25, 0.3) is 5.91 Å². The van der Waals surface area contributed by atoms with Crippen LogP contribution < -0.4 is 10.6 Å². The molecule has 0 unspecified atom stereocenters. The number of rotatable bonds is 5. The molecule has 26 heavy (non-hydrogen) atoms. The van der Waals surface area contributed by atoms with Crippen molar-refractivity contribution in [2.24, 2.45) is 5.92 Å². The fourth-order valence-electron chi connectivity index (χ4n) is 2.67. The number of hydrogen-bond donors (Lipinski definition) is 2. The van der Waals surface area contributed by atoms with Crippen LogP contribution in [0.3, 0.4) is 0 Å². The third-order valence-electron chi connectivity index (χ3n) is 4.37. The molecule has 0 saturated heterocycles. The topological polar surface area (TPSA) is 54.0 Å². The number of carbonyl (C=O) groups is 1. The lowest BCUT2D eigenvalue weighted by Gasteiger charge is -2.25. The van der Waals surface area contributed by atoms with E-state index in [-0.39, 0.29) is 11.5 Å². The van der Waals surface area contributed by atoms with Gasteiger partial charge >= 0.3 is 6.18 Å². The van der Waals surface area contributed by atoms with Crippen LogP contribution in [0.5, 0.6) is 0 Å². The summed E-state index contributed by atoms with van der Waals surface area (Å²) >= 11 is 0. The molecule has 3 rings (SSSR count). The number of carbonyl (C=O) groups excluding carboxylic acids is 1. The third kappa shape index (κ3) is 4.12. The molecule has 1 fully saturated rings. The lowest BCUT2D eigenvalue weighted by Crippen LogP contribution is -2.33. The smallest absolute Gasteiger partial charge is 0.352 e. The van der Waals surface area contributed by atoms with Crippen LogP contribution in [0.2, 0.25) is 0 Å². The maximum atomic E-state index is 13.7. The van der Waals surface area contributed by atoms with Crippen LogP contribution in [0, 0.1) is 11.7 Å². The number of anilines is 2. The fraction of sp³-hybridized carbons (Fsp3) is 0.333. The van der Waals surface area contributed by atoms with Gasteiger partial charge in [-0.3, -0.25) is 4.79 Å². The first-order valence-corrected chi connectivity index (χ1v) is 8.21. The second-order valence-electron chi connectivity index (χ2n) is 6.22. The number of amides is 1. The molecule has 1 aliphatic rings. The Morgan fingerprint density at radius 2 is 1.96 bits per heavy atom. The number of para-hydroxylation sites is 1. The number of benzene rings is 1. The van der Waals surface area contributed by atoms with Gasteiger partial charge in [-0.05, 0) is 37.0 Å². The van der Waals surface area contributed by atoms with E-state index in [2.05, 4.69) is 15.6 Å². The Morgan fingerprint density at radius 3 is 2.58 bits per heavy atom. The van der Waals surface area contributed by atoms with Crippen molar-refractivity contribution in [3.8, 4) is 0 Å². The van der Waals surface area contributed by atoms with E-state index in [0.29, 0.717) is 18.5 Å². The molecule has 0 bridgehead atoms. The highest BCUT2D eigenvalue weighted by Crippen LogP contribution is 2.34. The molecule has 138 valence electrons. The van der Waals surface area contributed by atoms with E-state index in [1.165, 1.54) is 18.2 Å². The number of hydrogen-bond acceptors (Lipinski definition) is 3. The largest absolute Gasteiger partial charge is 0.417 e. The Hall–Kier alpha value is -2.64. The van der Waals surface area contributed by atoms with Gasteiger partial charge in [0.2, 0.25) is 0 Å². The number of pyridine rings is 1. The van der Waals surface area contributed by atoms with Crippen LogP contribution >= 0.6 is 0 Å². The first-order chi connectivity index (χ1) is 12.3. The van der Waals surface area contributed by atoms with Gasteiger partial charge in [0.15, 0.2) is 0 Å². The average Bonchev–Trinajstić information content (AvgIpc) is 2.54. The second kappa shape index (κ2) is 7.31. The van der Waals surface area contributed by atoms with Crippen molar-refractivity contribution >= 4 is 17.4 Å². The summed E-state index contributed by atoms with van der Waals surface area (Å²) in [5.41, 5.74) is -1.66. The molecule has 1 amide bonds. The van der Waals surface area contributed by atoms with Crippen molar-refractivity contribution in [2.75, 3.05) is 11.9 Å². The minimum Gasteiger partial charge on any atom is -0.352 e. The quantitative estimate of drug-likeness (QED) is 0.765. The van der Waals surface area contributed by atoms with Crippen molar-refractivity contribution in [3.05, 3.63) is 53.5 Å². The maximum absolute atomic E-state index is 13.7. The highest BCUT2D eigenvalue weighted by molar-refractivity contribution is 5.96. The normalized spacial score (nSPS) is 14.6. The highest BCUT2D eigenvalue weighted by Gasteiger charge is 2.36. The summed E-state index contributed by atoms with van der Waals surface area (Å²) in [6.45, 7) is 0.353. The molecule has 2 N–H and O–H groups in total. The van der Waals surface area contributed by atoms with Crippen LogP contribution in [0.15, 0.2) is 36.5 Å². The first-order valence-electron chi connectivity index (χ1n) is 8.21. The molecular weight excluding hydrogens is 350 g/mol. The molecule has 1 saturated carbocycles. The van der Waals surface area contributed by atoms with Gasteiger partial charge < -0.3 is 10.6 Å². The number of alkyl halides is 3. The summed E-state index contributed by atoms with van der Waals surface area (Å²) in [4.78, 5) is 16.0. The molecule has 0 spiro atoms. The molecule has 2 aromatic rings. The summed E-state index contributed by atoms with van der Waals surface area (Å²) in [5.74, 6) is -1.31. The van der Waals surface area contributed by atoms with Gasteiger partial charge in [0, 0.05) is 12.7 Å². The molecule has 0 aliphatic heterocycles. The predicted octanol–water partition coefficient (Wildman–Crippen LogP) is 4.51. The predicted molar refractivity (Wildman–Crippen MR) is 88.6 cm³/mol. The molecule has 4 nitrogen and oxygen atoms in total. The summed E-state index contributed by atoms with van der Waals surface area (Å²) in [6, 6.07) is 6.27. The Bertz CT molecular complexity index is 803. The Morgan fingerprint density at radius 1 is 1.23 bits per heavy atom. The van der Waals surface area contributed by atoms with Crippen LogP contribution in [0.25, 0.3) is 0 Å². The summed E-state index contributed by atoms with van der Waals surface area (Å²) in [5, 5.41) is 5.03. The summed E-state index contributed by atoms with van der Waals surface area (Å²) in [6.07, 6.45) is -0.863. The van der Waals surface area contributed by atoms with Crippen LogP contribution in [-0.4, -0.2) is 17.4 Å². The van der Waals surface area contributed by atoms with Gasteiger partial charge in [0.05, 0.1) is 16.8 Å². The number of halogens is 4. The Balaban J connectivity index is 1.83. The van der Waals surface area contributed by atoms with E-state index in [1.54, 1.807) is 6.07 Å². The number of nitrogens with zero attached hydrogens (tertiary/aromatic N) is 1. The average molecular weight is 367 g/mol. The van der Waals surface area contributed by atoms with Crippen LogP contribution in [-0.2, 0) is 6.18 Å². The zero-order chi connectivity index (χ0) is 18.7. The minimum atomic E-state index is -4.74. The van der Waals surface area contributed by atoms with E-state index in [9.17, 15) is 22.4 Å². The molecule has 1 heterocycles. The van der Waals surface area contributed by atoms with E-state index in [0.717, 1.165) is 25.5 Å². The summed E-state index contributed by atoms with van der Waals surface area (Å²) < 4.78 is 53.8. The SMILES string of the molecule is O=C(NCC1CCC1)c1cnc(Nc2ccccc2F)cc1C(F)(F)F. The van der Waals surface area contributed by atoms with Crippen molar-refractivity contribution in [2.45, 2.75) is 25.4 Å². The van der Waals surface area contributed by atoms with Crippen molar-refractivity contribution < 1.29 is 22.4 Å². The standard InChI is InChI=1S/C18H17F4N3O/c19-14-6-1-2-7-15(14)25-16-8-13(18(20,21)22)12(10-23-16)17(26)24-9-11-4-3-5-11/h1-2,6-8,10-11H,3-5,9H2,(H,23,25)(H,24,26). The molecule has 1 aromatic heterocycles. The highest BCUT2D eigenvalue weighted by atomic mass is 19.4. The molecular formula is C18H17F4N3O. The van der Waals surface area contributed by atoms with Crippen molar-refractivity contribution in [3.63, 3.8) is 0 Å². The van der Waals surface area contributed by atoms with Gasteiger partial charge in [-0.2, -0.15) is 13.2 Å². The van der Waals surface area contributed by atoms with E-state index in [4.69, 9.17) is 0 Å². The first kappa shape index (κ1) is 18.2. The molecule has 0 radical (unpaired) electrons. The second-order valence-corrected chi connectivity index (χ2v) is 6.22. The van der Waals surface area contributed by atoms with E-state index >= 15 is 0 Å². The Labute approximate surface area is 147 Å². The monoisotopic (exact) mass is 367 g/mol. The third-order valence-corrected chi connectivity index (χ3v) is 4.37. The lowest BCUT2D eigenvalue weighted by atomic mass is 9.85. The molecule has 8 heteroatoms. The lowest BCUT2D eigenvalue weighted by molar-refractivity contribution is -0.137. The molecule has 1 aromatic carbocycles. The van der Waals surface area contributed by atoms with Gasteiger partial charge in [-0.15, -0.1) is 0 Å². The van der Waals surface area contributed by atoms with Gasteiger partial charge in [0.1, 0.15) is 11.6 Å². The van der Waals surface area contributed by atoms with Crippen molar-refractivity contribution in [1.82, 2.24) is 10.3 Å². The Kier molecular flexibility index (Phi) is 5.11. The minimum absolute atomic E-state index is 0.00434. The molecule has 0 atom stereocenters. The van der Waals surface area contributed by atoms with E-state index in [1.807, 2.05) is 0 Å². The fourth-order valence-corrected chi connectivity index (χ4v) is 2.67. The van der Waals surface area contributed by atoms with Gasteiger partial charge in [-0.1, -0.05) is 18.6 Å². The van der Waals surface area contributed by atoms with Crippen LogP contribution in [0.1, 0.15) is 35.2 Å². The van der Waals surface area contributed by atoms with Crippen LogP contribution in [0.4, 0.5) is 29.1 Å². The zero-order valence-corrected chi connectivity index (χ0v) is 13.7.